The molecular formula is C27H26FN3O2S. The molecule has 0 saturated carbocycles. The maximum absolute atomic E-state index is 13.1. The highest BCUT2D eigenvalue weighted by Crippen LogP contribution is 2.37. The molecule has 0 bridgehead atoms. The second-order valence-electron chi connectivity index (χ2n) is 8.69. The van der Waals surface area contributed by atoms with Crippen molar-refractivity contribution in [3.63, 3.8) is 0 Å². The maximum Gasteiger partial charge on any atom is 0.204 e. The van der Waals surface area contributed by atoms with Crippen LogP contribution in [-0.4, -0.2) is 16.8 Å². The summed E-state index contributed by atoms with van der Waals surface area (Å²) in [6, 6.07) is 20.4. The third kappa shape index (κ3) is 5.37. The lowest BCUT2D eigenvalue weighted by atomic mass is 9.89. The number of anilines is 1. The van der Waals surface area contributed by atoms with Gasteiger partial charge in [-0.25, -0.2) is 9.37 Å². The van der Waals surface area contributed by atoms with E-state index in [1.54, 1.807) is 23.5 Å². The van der Waals surface area contributed by atoms with Crippen LogP contribution in [0, 0.1) is 5.82 Å². The SMILES string of the molecule is CC1(CC/C=N/Nc2nc3ccccc3s2)CCc2cc(OCc3ccc(F)cc3)ccc2O1. The molecule has 4 aromatic rings. The first kappa shape index (κ1) is 22.3. The van der Waals surface area contributed by atoms with Gasteiger partial charge in [0.15, 0.2) is 0 Å². The molecule has 1 unspecified atom stereocenters. The van der Waals surface area contributed by atoms with Gasteiger partial charge in [-0.05, 0) is 86.2 Å². The Bertz CT molecular complexity index is 1270. The van der Waals surface area contributed by atoms with Crippen LogP contribution in [-0.2, 0) is 13.0 Å². The van der Waals surface area contributed by atoms with Crippen molar-refractivity contribution in [3.05, 3.63) is 83.7 Å². The molecule has 0 amide bonds. The van der Waals surface area contributed by atoms with Crippen molar-refractivity contribution in [1.82, 2.24) is 4.98 Å². The minimum atomic E-state index is -0.242. The Kier molecular flexibility index (Phi) is 6.45. The van der Waals surface area contributed by atoms with E-state index in [2.05, 4.69) is 28.5 Å². The van der Waals surface area contributed by atoms with Crippen LogP contribution in [0.15, 0.2) is 71.8 Å². The van der Waals surface area contributed by atoms with Gasteiger partial charge in [0.1, 0.15) is 29.5 Å². The molecule has 7 heteroatoms. The molecule has 1 N–H and O–H groups in total. The Morgan fingerprint density at radius 3 is 2.88 bits per heavy atom. The average Bonchev–Trinajstić information content (AvgIpc) is 3.26. The fourth-order valence-electron chi connectivity index (χ4n) is 4.03. The lowest BCUT2D eigenvalue weighted by Crippen LogP contribution is -2.36. The van der Waals surface area contributed by atoms with Crippen molar-refractivity contribution >= 4 is 32.9 Å². The molecule has 5 rings (SSSR count). The molecular weight excluding hydrogens is 449 g/mol. The molecule has 0 saturated heterocycles. The normalized spacial score (nSPS) is 17.5. The number of aromatic nitrogens is 1. The Labute approximate surface area is 202 Å². The van der Waals surface area contributed by atoms with E-state index < -0.39 is 0 Å². The van der Waals surface area contributed by atoms with E-state index in [9.17, 15) is 4.39 Å². The van der Waals surface area contributed by atoms with Crippen LogP contribution in [0.4, 0.5) is 9.52 Å². The van der Waals surface area contributed by atoms with Gasteiger partial charge in [-0.3, -0.25) is 5.43 Å². The molecule has 2 heterocycles. The number of thiazole rings is 1. The summed E-state index contributed by atoms with van der Waals surface area (Å²) in [7, 11) is 0. The molecule has 0 radical (unpaired) electrons. The van der Waals surface area contributed by atoms with E-state index >= 15 is 0 Å². The van der Waals surface area contributed by atoms with Crippen LogP contribution >= 0.6 is 11.3 Å². The highest BCUT2D eigenvalue weighted by atomic mass is 32.1. The second-order valence-corrected chi connectivity index (χ2v) is 9.72. The summed E-state index contributed by atoms with van der Waals surface area (Å²) >= 11 is 1.59. The van der Waals surface area contributed by atoms with Gasteiger partial charge in [0.25, 0.3) is 0 Å². The largest absolute Gasteiger partial charge is 0.489 e. The number of hydrogen-bond acceptors (Lipinski definition) is 6. The fraction of sp³-hybridized carbons (Fsp3) is 0.259. The van der Waals surface area contributed by atoms with E-state index in [0.29, 0.717) is 6.61 Å². The zero-order chi connectivity index (χ0) is 23.4. The van der Waals surface area contributed by atoms with Gasteiger partial charge in [-0.15, -0.1) is 0 Å². The number of rotatable bonds is 8. The van der Waals surface area contributed by atoms with Crippen molar-refractivity contribution in [3.8, 4) is 11.5 Å². The third-order valence-corrected chi connectivity index (χ3v) is 6.92. The number of nitrogens with zero attached hydrogens (tertiary/aromatic N) is 2. The zero-order valence-corrected chi connectivity index (χ0v) is 19.8. The molecule has 0 fully saturated rings. The number of halogens is 1. The third-order valence-electron chi connectivity index (χ3n) is 5.98. The van der Waals surface area contributed by atoms with Gasteiger partial charge in [0.05, 0.1) is 10.2 Å². The van der Waals surface area contributed by atoms with Crippen molar-refractivity contribution in [2.45, 2.75) is 44.8 Å². The number of para-hydroxylation sites is 1. The number of aryl methyl sites for hydroxylation is 1. The lowest BCUT2D eigenvalue weighted by molar-refractivity contribution is 0.0583. The molecule has 1 aliphatic heterocycles. The zero-order valence-electron chi connectivity index (χ0n) is 19.0. The number of nitrogens with one attached hydrogen (secondary N) is 1. The predicted molar refractivity (Wildman–Crippen MR) is 135 cm³/mol. The number of ether oxygens (including phenoxy) is 2. The summed E-state index contributed by atoms with van der Waals surface area (Å²) in [5.74, 6) is 1.46. The summed E-state index contributed by atoms with van der Waals surface area (Å²) < 4.78 is 26.5. The summed E-state index contributed by atoms with van der Waals surface area (Å²) in [5.41, 5.74) is 5.87. The smallest absolute Gasteiger partial charge is 0.204 e. The van der Waals surface area contributed by atoms with E-state index in [0.717, 1.165) is 63.7 Å². The van der Waals surface area contributed by atoms with Gasteiger partial charge in [-0.1, -0.05) is 35.6 Å². The summed E-state index contributed by atoms with van der Waals surface area (Å²) in [5, 5.41) is 5.13. The Morgan fingerprint density at radius 1 is 1.18 bits per heavy atom. The minimum absolute atomic E-state index is 0.231. The average molecular weight is 476 g/mol. The first-order chi connectivity index (χ1) is 16.6. The number of hydrogen-bond donors (Lipinski definition) is 1. The summed E-state index contributed by atoms with van der Waals surface area (Å²) in [6.45, 7) is 2.56. The number of benzene rings is 3. The first-order valence-corrected chi connectivity index (χ1v) is 12.2. The molecule has 0 spiro atoms. The molecule has 0 aliphatic carbocycles. The van der Waals surface area contributed by atoms with Crippen LogP contribution in [0.25, 0.3) is 10.2 Å². The van der Waals surface area contributed by atoms with Crippen molar-refractivity contribution in [1.29, 1.82) is 0 Å². The second kappa shape index (κ2) is 9.81. The van der Waals surface area contributed by atoms with Gasteiger partial charge < -0.3 is 9.47 Å². The molecule has 1 aliphatic rings. The van der Waals surface area contributed by atoms with Crippen molar-refractivity contribution in [2.24, 2.45) is 5.10 Å². The Balaban J connectivity index is 1.12. The first-order valence-electron chi connectivity index (χ1n) is 11.4. The molecule has 5 nitrogen and oxygen atoms in total. The van der Waals surface area contributed by atoms with Crippen molar-refractivity contribution < 1.29 is 13.9 Å². The Hall–Kier alpha value is -3.45. The molecule has 174 valence electrons. The van der Waals surface area contributed by atoms with E-state index in [1.165, 1.54) is 12.1 Å². The summed E-state index contributed by atoms with van der Waals surface area (Å²) in [6.07, 6.45) is 5.44. The maximum atomic E-state index is 13.1. The predicted octanol–water partition coefficient (Wildman–Crippen LogP) is 6.98. The molecule has 1 atom stereocenters. The van der Waals surface area contributed by atoms with Gasteiger partial charge in [-0.2, -0.15) is 5.10 Å². The number of hydrazone groups is 1. The van der Waals surface area contributed by atoms with Crippen LogP contribution in [0.2, 0.25) is 0 Å². The fourth-order valence-corrected chi connectivity index (χ4v) is 4.85. The highest BCUT2D eigenvalue weighted by molar-refractivity contribution is 7.22. The van der Waals surface area contributed by atoms with Crippen LogP contribution in [0.1, 0.15) is 37.3 Å². The van der Waals surface area contributed by atoms with Crippen LogP contribution in [0.5, 0.6) is 11.5 Å². The molecule has 34 heavy (non-hydrogen) atoms. The van der Waals surface area contributed by atoms with Crippen LogP contribution < -0.4 is 14.9 Å². The van der Waals surface area contributed by atoms with Gasteiger partial charge >= 0.3 is 0 Å². The number of fused-ring (bicyclic) bond motifs is 2. The van der Waals surface area contributed by atoms with E-state index in [-0.39, 0.29) is 11.4 Å². The van der Waals surface area contributed by atoms with Gasteiger partial charge in [0.2, 0.25) is 5.13 Å². The Morgan fingerprint density at radius 2 is 2.03 bits per heavy atom. The topological polar surface area (TPSA) is 55.7 Å². The monoisotopic (exact) mass is 475 g/mol. The van der Waals surface area contributed by atoms with Gasteiger partial charge in [0, 0.05) is 6.21 Å². The standard InChI is InChI=1S/C27H26FN3O2S/c1-27(14-4-16-29-31-26-30-23-5-2-3-6-25(23)34-26)15-13-20-17-22(11-12-24(20)33-27)32-18-19-7-9-21(28)10-8-19/h2-3,5-12,16-17H,4,13-15,18H2,1H3,(H,30,31)/b29-16+. The molecule has 1 aromatic heterocycles. The minimum Gasteiger partial charge on any atom is -0.489 e. The quantitative estimate of drug-likeness (QED) is 0.221. The molecule has 3 aromatic carbocycles. The highest BCUT2D eigenvalue weighted by Gasteiger charge is 2.31. The lowest BCUT2D eigenvalue weighted by Gasteiger charge is -2.35. The van der Waals surface area contributed by atoms with Crippen LogP contribution in [0.3, 0.4) is 0 Å². The van der Waals surface area contributed by atoms with E-state index in [1.807, 2.05) is 42.6 Å². The van der Waals surface area contributed by atoms with Crippen molar-refractivity contribution in [2.75, 3.05) is 5.43 Å². The van der Waals surface area contributed by atoms with E-state index in [4.69, 9.17) is 9.47 Å². The summed E-state index contributed by atoms with van der Waals surface area (Å²) in [4.78, 5) is 4.52.